The van der Waals surface area contributed by atoms with Crippen molar-refractivity contribution in [2.45, 2.75) is 63.5 Å². The van der Waals surface area contributed by atoms with Gasteiger partial charge in [0.25, 0.3) is 0 Å². The number of carboxylic acid groups (broad SMARTS) is 1. The van der Waals surface area contributed by atoms with Crippen LogP contribution in [0.25, 0.3) is 0 Å². The Kier molecular flexibility index (Phi) is 5.14. The van der Waals surface area contributed by atoms with Crippen LogP contribution in [0.2, 0.25) is 0 Å². The highest BCUT2D eigenvalue weighted by molar-refractivity contribution is 5.83. The standard InChI is InChI=1S/C13H24N2O3/c1-3-10(14)12(18)15(2)13(9-11(16)17)7-5-4-6-8-13/h10H,3-9,14H2,1-2H3,(H,16,17)/t10-/m0/s1. The van der Waals surface area contributed by atoms with E-state index in [1.54, 1.807) is 11.9 Å². The highest BCUT2D eigenvalue weighted by Crippen LogP contribution is 2.36. The number of likely N-dealkylation sites (N-methyl/N-ethyl adjacent to an activating group) is 1. The van der Waals surface area contributed by atoms with Gasteiger partial charge < -0.3 is 15.7 Å². The van der Waals surface area contributed by atoms with Crippen LogP contribution in [0.4, 0.5) is 0 Å². The molecule has 0 aromatic heterocycles. The summed E-state index contributed by atoms with van der Waals surface area (Å²) in [5.74, 6) is -0.984. The molecule has 0 aromatic carbocycles. The normalized spacial score (nSPS) is 20.2. The van der Waals surface area contributed by atoms with Gasteiger partial charge in [-0.05, 0) is 19.3 Å². The van der Waals surface area contributed by atoms with E-state index in [1.165, 1.54) is 0 Å². The first-order valence-corrected chi connectivity index (χ1v) is 6.68. The first-order valence-electron chi connectivity index (χ1n) is 6.68. The summed E-state index contributed by atoms with van der Waals surface area (Å²) >= 11 is 0. The number of hydrogen-bond donors (Lipinski definition) is 2. The van der Waals surface area contributed by atoms with Crippen molar-refractivity contribution in [3.63, 3.8) is 0 Å². The quantitative estimate of drug-likeness (QED) is 0.778. The number of carbonyl (C=O) groups excluding carboxylic acids is 1. The smallest absolute Gasteiger partial charge is 0.305 e. The van der Waals surface area contributed by atoms with Crippen LogP contribution in [0.1, 0.15) is 51.9 Å². The number of rotatable bonds is 5. The summed E-state index contributed by atoms with van der Waals surface area (Å²) in [7, 11) is 1.70. The first kappa shape index (κ1) is 15.0. The van der Waals surface area contributed by atoms with E-state index in [4.69, 9.17) is 10.8 Å². The Labute approximate surface area is 108 Å². The molecule has 0 heterocycles. The van der Waals surface area contributed by atoms with Gasteiger partial charge in [0, 0.05) is 7.05 Å². The van der Waals surface area contributed by atoms with E-state index in [-0.39, 0.29) is 12.3 Å². The molecule has 3 N–H and O–H groups in total. The third-order valence-electron chi connectivity index (χ3n) is 4.06. The molecule has 0 aliphatic heterocycles. The average Bonchev–Trinajstić information content (AvgIpc) is 2.36. The molecule has 0 radical (unpaired) electrons. The van der Waals surface area contributed by atoms with Crippen molar-refractivity contribution in [2.24, 2.45) is 5.73 Å². The summed E-state index contributed by atoms with van der Waals surface area (Å²) in [5, 5.41) is 9.09. The second-order valence-electron chi connectivity index (χ2n) is 5.27. The molecule has 0 bridgehead atoms. The van der Waals surface area contributed by atoms with Crippen LogP contribution in [0.3, 0.4) is 0 Å². The highest BCUT2D eigenvalue weighted by Gasteiger charge is 2.41. The van der Waals surface area contributed by atoms with Crippen molar-refractivity contribution >= 4 is 11.9 Å². The fraction of sp³-hybridized carbons (Fsp3) is 0.846. The van der Waals surface area contributed by atoms with Crippen LogP contribution in [0.5, 0.6) is 0 Å². The maximum Gasteiger partial charge on any atom is 0.305 e. The minimum atomic E-state index is -0.846. The number of carboxylic acids is 1. The zero-order valence-corrected chi connectivity index (χ0v) is 11.3. The van der Waals surface area contributed by atoms with E-state index in [0.717, 1.165) is 32.1 Å². The highest BCUT2D eigenvalue weighted by atomic mass is 16.4. The molecule has 0 aromatic rings. The number of nitrogens with two attached hydrogens (primary N) is 1. The molecule has 0 saturated heterocycles. The predicted molar refractivity (Wildman–Crippen MR) is 69.1 cm³/mol. The van der Waals surface area contributed by atoms with Crippen LogP contribution in [0, 0.1) is 0 Å². The minimum Gasteiger partial charge on any atom is -0.481 e. The number of carbonyl (C=O) groups is 2. The van der Waals surface area contributed by atoms with Gasteiger partial charge in [0.15, 0.2) is 0 Å². The molecular weight excluding hydrogens is 232 g/mol. The van der Waals surface area contributed by atoms with Crippen molar-refractivity contribution in [3.8, 4) is 0 Å². The van der Waals surface area contributed by atoms with Gasteiger partial charge in [-0.15, -0.1) is 0 Å². The van der Waals surface area contributed by atoms with E-state index >= 15 is 0 Å². The summed E-state index contributed by atoms with van der Waals surface area (Å²) in [6.07, 6.45) is 5.19. The zero-order valence-electron chi connectivity index (χ0n) is 11.3. The SMILES string of the molecule is CC[C@H](N)C(=O)N(C)C1(CC(=O)O)CCCCC1. The van der Waals surface area contributed by atoms with E-state index < -0.39 is 17.6 Å². The van der Waals surface area contributed by atoms with Gasteiger partial charge >= 0.3 is 5.97 Å². The van der Waals surface area contributed by atoms with E-state index in [9.17, 15) is 9.59 Å². The lowest BCUT2D eigenvalue weighted by Crippen LogP contribution is -2.56. The second-order valence-corrected chi connectivity index (χ2v) is 5.27. The second kappa shape index (κ2) is 6.18. The average molecular weight is 256 g/mol. The molecule has 0 unspecified atom stereocenters. The number of nitrogens with zero attached hydrogens (tertiary/aromatic N) is 1. The predicted octanol–water partition coefficient (Wildman–Crippen LogP) is 1.36. The Morgan fingerprint density at radius 3 is 2.33 bits per heavy atom. The number of hydrogen-bond acceptors (Lipinski definition) is 3. The molecule has 1 rings (SSSR count). The van der Waals surface area contributed by atoms with Gasteiger partial charge in [-0.25, -0.2) is 0 Å². The Balaban J connectivity index is 2.88. The lowest BCUT2D eigenvalue weighted by atomic mass is 9.77. The molecule has 5 nitrogen and oxygen atoms in total. The van der Waals surface area contributed by atoms with E-state index in [1.807, 2.05) is 6.92 Å². The van der Waals surface area contributed by atoms with Crippen LogP contribution < -0.4 is 5.73 Å². The fourth-order valence-corrected chi connectivity index (χ4v) is 2.78. The molecule has 0 spiro atoms. The lowest BCUT2D eigenvalue weighted by molar-refractivity contribution is -0.146. The van der Waals surface area contributed by atoms with Crippen molar-refractivity contribution < 1.29 is 14.7 Å². The summed E-state index contributed by atoms with van der Waals surface area (Å²) in [6.45, 7) is 1.86. The summed E-state index contributed by atoms with van der Waals surface area (Å²) in [5.41, 5.74) is 5.24. The Bertz CT molecular complexity index is 311. The van der Waals surface area contributed by atoms with Crippen LogP contribution in [-0.2, 0) is 9.59 Å². The topological polar surface area (TPSA) is 83.6 Å². The van der Waals surface area contributed by atoms with E-state index in [2.05, 4.69) is 0 Å². The number of amides is 1. The molecule has 18 heavy (non-hydrogen) atoms. The zero-order chi connectivity index (χ0) is 13.8. The maximum absolute atomic E-state index is 12.2. The van der Waals surface area contributed by atoms with Gasteiger partial charge in [0.2, 0.25) is 5.91 Å². The molecule has 1 aliphatic carbocycles. The van der Waals surface area contributed by atoms with Crippen LogP contribution in [-0.4, -0.2) is 40.5 Å². The first-order chi connectivity index (χ1) is 8.43. The van der Waals surface area contributed by atoms with Crippen molar-refractivity contribution in [1.29, 1.82) is 0 Å². The molecule has 1 aliphatic rings. The van der Waals surface area contributed by atoms with Gasteiger partial charge in [-0.1, -0.05) is 26.2 Å². The molecule has 1 atom stereocenters. The monoisotopic (exact) mass is 256 g/mol. The molecule has 104 valence electrons. The van der Waals surface area contributed by atoms with E-state index in [0.29, 0.717) is 6.42 Å². The van der Waals surface area contributed by atoms with Gasteiger partial charge in [-0.2, -0.15) is 0 Å². The molecular formula is C13H24N2O3. The largest absolute Gasteiger partial charge is 0.481 e. The van der Waals surface area contributed by atoms with Crippen LogP contribution in [0.15, 0.2) is 0 Å². The summed E-state index contributed by atoms with van der Waals surface area (Å²) in [4.78, 5) is 24.8. The third-order valence-corrected chi connectivity index (χ3v) is 4.06. The van der Waals surface area contributed by atoms with Gasteiger partial charge in [-0.3, -0.25) is 9.59 Å². The Morgan fingerprint density at radius 1 is 1.33 bits per heavy atom. The molecule has 1 amide bonds. The van der Waals surface area contributed by atoms with Crippen molar-refractivity contribution in [1.82, 2.24) is 4.90 Å². The lowest BCUT2D eigenvalue weighted by Gasteiger charge is -2.44. The minimum absolute atomic E-state index is 0.0195. The number of aliphatic carboxylic acids is 1. The molecule has 5 heteroatoms. The van der Waals surface area contributed by atoms with Gasteiger partial charge in [0.1, 0.15) is 0 Å². The Morgan fingerprint density at radius 2 is 1.89 bits per heavy atom. The fourth-order valence-electron chi connectivity index (χ4n) is 2.78. The third kappa shape index (κ3) is 3.22. The summed E-state index contributed by atoms with van der Waals surface area (Å²) in [6, 6.07) is -0.525. The maximum atomic E-state index is 12.2. The van der Waals surface area contributed by atoms with Gasteiger partial charge in [0.05, 0.1) is 18.0 Å². The van der Waals surface area contributed by atoms with Crippen LogP contribution >= 0.6 is 0 Å². The summed E-state index contributed by atoms with van der Waals surface area (Å²) < 4.78 is 0. The Hall–Kier alpha value is -1.10. The van der Waals surface area contributed by atoms with Crippen molar-refractivity contribution in [3.05, 3.63) is 0 Å². The molecule has 1 saturated carbocycles. The van der Waals surface area contributed by atoms with Crippen molar-refractivity contribution in [2.75, 3.05) is 7.05 Å². The molecule has 1 fully saturated rings.